The summed E-state index contributed by atoms with van der Waals surface area (Å²) in [6, 6.07) is 3.25. The summed E-state index contributed by atoms with van der Waals surface area (Å²) in [6.07, 6.45) is 6.21. The average molecular weight is 438 g/mol. The third-order valence-electron chi connectivity index (χ3n) is 6.55. The highest BCUT2D eigenvalue weighted by Crippen LogP contribution is 2.38. The van der Waals surface area contributed by atoms with E-state index in [1.807, 2.05) is 12.1 Å². The molecule has 1 saturated heterocycles. The Morgan fingerprint density at radius 2 is 1.97 bits per heavy atom. The van der Waals surface area contributed by atoms with E-state index in [9.17, 15) is 13.2 Å². The zero-order valence-corrected chi connectivity index (χ0v) is 18.4. The van der Waals surface area contributed by atoms with E-state index < -0.39 is 15.3 Å². The zero-order valence-electron chi connectivity index (χ0n) is 17.6. The molecule has 0 spiro atoms. The first-order chi connectivity index (χ1) is 14.3. The number of ether oxygens (including phenoxy) is 2. The molecule has 2 bridgehead atoms. The number of carbonyl (C=O) groups is 1. The summed E-state index contributed by atoms with van der Waals surface area (Å²) in [6.45, 7) is 4.00. The predicted molar refractivity (Wildman–Crippen MR) is 112 cm³/mol. The van der Waals surface area contributed by atoms with Gasteiger partial charge in [0.25, 0.3) is 5.91 Å². The summed E-state index contributed by atoms with van der Waals surface area (Å²) < 4.78 is 39.8. The first kappa shape index (κ1) is 21.5. The molecule has 0 radical (unpaired) electrons. The standard InChI is InChI=1S/C21H31N3O5S/c1-14(2)30(26,27)23-18-9-11-24-19(18)12-28-16-7-5-15(6-8-16)17-4-3-10-22-21(17)29-13-20(24)25/h3-4,10,14-16,18-19,23H,5-9,11-13H2,1-2H3/t15-,16+,18-,19-/m0/s1. The number of hydrogen-bond acceptors (Lipinski definition) is 6. The van der Waals surface area contributed by atoms with E-state index in [1.54, 1.807) is 24.9 Å². The van der Waals surface area contributed by atoms with Crippen LogP contribution in [-0.2, 0) is 19.6 Å². The fourth-order valence-corrected chi connectivity index (χ4v) is 5.65. The molecule has 30 heavy (non-hydrogen) atoms. The summed E-state index contributed by atoms with van der Waals surface area (Å²) in [4.78, 5) is 19.1. The fourth-order valence-electron chi connectivity index (χ4n) is 4.68. The topological polar surface area (TPSA) is 97.8 Å². The lowest BCUT2D eigenvalue weighted by Gasteiger charge is -2.32. The van der Waals surface area contributed by atoms with Crippen molar-refractivity contribution in [3.63, 3.8) is 0 Å². The molecule has 0 unspecified atom stereocenters. The molecule has 1 saturated carbocycles. The van der Waals surface area contributed by atoms with Crippen molar-refractivity contribution in [1.29, 1.82) is 0 Å². The van der Waals surface area contributed by atoms with Crippen molar-refractivity contribution in [2.75, 3.05) is 19.8 Å². The van der Waals surface area contributed by atoms with E-state index in [-0.39, 0.29) is 30.7 Å². The van der Waals surface area contributed by atoms with Gasteiger partial charge < -0.3 is 14.4 Å². The molecule has 5 rings (SSSR count). The van der Waals surface area contributed by atoms with Crippen molar-refractivity contribution in [1.82, 2.24) is 14.6 Å². The molecule has 166 valence electrons. The normalized spacial score (nSPS) is 30.1. The second-order valence-corrected chi connectivity index (χ2v) is 11.0. The van der Waals surface area contributed by atoms with Crippen LogP contribution in [-0.4, -0.2) is 67.4 Å². The Morgan fingerprint density at radius 1 is 1.20 bits per heavy atom. The number of nitrogens with one attached hydrogen (secondary N) is 1. The summed E-state index contributed by atoms with van der Waals surface area (Å²) in [5, 5.41) is -0.529. The largest absolute Gasteiger partial charge is 0.467 e. The highest BCUT2D eigenvalue weighted by molar-refractivity contribution is 7.90. The van der Waals surface area contributed by atoms with Gasteiger partial charge in [0.15, 0.2) is 6.61 Å². The Hall–Kier alpha value is -1.71. The van der Waals surface area contributed by atoms with Crippen molar-refractivity contribution < 1.29 is 22.7 Å². The molecule has 2 fully saturated rings. The Balaban J connectivity index is 1.57. The van der Waals surface area contributed by atoms with Crippen LogP contribution < -0.4 is 9.46 Å². The zero-order chi connectivity index (χ0) is 21.3. The highest BCUT2D eigenvalue weighted by atomic mass is 32.2. The van der Waals surface area contributed by atoms with E-state index in [2.05, 4.69) is 9.71 Å². The van der Waals surface area contributed by atoms with Crippen LogP contribution in [0.2, 0.25) is 0 Å². The molecule has 0 aromatic carbocycles. The van der Waals surface area contributed by atoms with Gasteiger partial charge in [0.1, 0.15) is 0 Å². The number of fused-ring (bicyclic) bond motifs is 5. The molecule has 2 atom stereocenters. The Labute approximate surface area is 178 Å². The number of rotatable bonds is 3. The van der Waals surface area contributed by atoms with Gasteiger partial charge in [0.2, 0.25) is 15.9 Å². The van der Waals surface area contributed by atoms with E-state index in [0.29, 0.717) is 31.4 Å². The Kier molecular flexibility index (Phi) is 6.31. The second kappa shape index (κ2) is 8.80. The third-order valence-corrected chi connectivity index (χ3v) is 8.42. The van der Waals surface area contributed by atoms with Crippen LogP contribution in [0.5, 0.6) is 5.88 Å². The lowest BCUT2D eigenvalue weighted by Crippen LogP contribution is -2.51. The summed E-state index contributed by atoms with van der Waals surface area (Å²) in [5.41, 5.74) is 1.06. The maximum absolute atomic E-state index is 13.0. The van der Waals surface area contributed by atoms with Crippen LogP contribution in [0.15, 0.2) is 18.3 Å². The molecule has 4 aliphatic rings. The maximum atomic E-state index is 13.0. The molecule has 1 amide bonds. The Bertz CT molecular complexity index is 867. The quantitative estimate of drug-likeness (QED) is 0.775. The summed E-state index contributed by atoms with van der Waals surface area (Å²) in [7, 11) is -3.44. The van der Waals surface area contributed by atoms with Crippen LogP contribution in [0.25, 0.3) is 0 Å². The van der Waals surface area contributed by atoms with Gasteiger partial charge in [-0.1, -0.05) is 6.07 Å². The van der Waals surface area contributed by atoms with Gasteiger partial charge in [-0.25, -0.2) is 18.1 Å². The number of pyridine rings is 1. The monoisotopic (exact) mass is 437 g/mol. The molecule has 1 N–H and O–H groups in total. The molecule has 8 nitrogen and oxygen atoms in total. The van der Waals surface area contributed by atoms with Gasteiger partial charge in [-0.05, 0) is 57.9 Å². The average Bonchev–Trinajstić information content (AvgIpc) is 3.12. The second-order valence-electron chi connectivity index (χ2n) is 8.75. The number of hydrogen-bond donors (Lipinski definition) is 1. The van der Waals surface area contributed by atoms with Crippen molar-refractivity contribution in [2.24, 2.45) is 0 Å². The number of aromatic nitrogens is 1. The molecule has 1 aliphatic carbocycles. The lowest BCUT2D eigenvalue weighted by atomic mass is 9.83. The predicted octanol–water partition coefficient (Wildman–Crippen LogP) is 1.81. The van der Waals surface area contributed by atoms with Gasteiger partial charge in [-0.2, -0.15) is 0 Å². The lowest BCUT2D eigenvalue weighted by molar-refractivity contribution is -0.136. The van der Waals surface area contributed by atoms with Crippen LogP contribution >= 0.6 is 0 Å². The molecule has 1 aromatic heterocycles. The van der Waals surface area contributed by atoms with Gasteiger partial charge in [-0.15, -0.1) is 0 Å². The molecular weight excluding hydrogens is 406 g/mol. The van der Waals surface area contributed by atoms with Gasteiger partial charge in [0.05, 0.1) is 24.0 Å². The summed E-state index contributed by atoms with van der Waals surface area (Å²) in [5.74, 6) is 0.718. The van der Waals surface area contributed by atoms with E-state index >= 15 is 0 Å². The number of sulfonamides is 1. The highest BCUT2D eigenvalue weighted by Gasteiger charge is 2.40. The SMILES string of the molecule is CC(C)S(=O)(=O)N[C@H]1CCN2C(=O)COc3ncccc3[C@H]3CC[C@H](CC3)OC[C@@H]12. The smallest absolute Gasteiger partial charge is 0.260 e. The summed E-state index contributed by atoms with van der Waals surface area (Å²) >= 11 is 0. The van der Waals surface area contributed by atoms with Crippen molar-refractivity contribution in [3.8, 4) is 5.88 Å². The van der Waals surface area contributed by atoms with Crippen molar-refractivity contribution >= 4 is 15.9 Å². The third kappa shape index (κ3) is 4.48. The van der Waals surface area contributed by atoms with Gasteiger partial charge in [0, 0.05) is 24.3 Å². The molecule has 3 aliphatic heterocycles. The molecule has 4 heterocycles. The fraction of sp³-hybridized carbons (Fsp3) is 0.714. The number of nitrogens with zero attached hydrogens (tertiary/aromatic N) is 2. The minimum Gasteiger partial charge on any atom is -0.467 e. The minimum atomic E-state index is -3.44. The number of amides is 1. The molecule has 1 aromatic rings. The van der Waals surface area contributed by atoms with Gasteiger partial charge >= 0.3 is 0 Å². The van der Waals surface area contributed by atoms with Crippen molar-refractivity contribution in [3.05, 3.63) is 23.9 Å². The van der Waals surface area contributed by atoms with Crippen LogP contribution in [0, 0.1) is 0 Å². The van der Waals surface area contributed by atoms with Crippen LogP contribution in [0.4, 0.5) is 0 Å². The van der Waals surface area contributed by atoms with E-state index in [4.69, 9.17) is 9.47 Å². The van der Waals surface area contributed by atoms with Gasteiger partial charge in [-0.3, -0.25) is 4.79 Å². The first-order valence-electron chi connectivity index (χ1n) is 10.8. The molecular formula is C21H31N3O5S. The maximum Gasteiger partial charge on any atom is 0.260 e. The molecule has 9 heteroatoms. The van der Waals surface area contributed by atoms with Crippen LogP contribution in [0.1, 0.15) is 57.4 Å². The van der Waals surface area contributed by atoms with E-state index in [1.165, 1.54) is 0 Å². The van der Waals surface area contributed by atoms with E-state index in [0.717, 1.165) is 31.2 Å². The van der Waals surface area contributed by atoms with Crippen LogP contribution in [0.3, 0.4) is 0 Å². The minimum absolute atomic E-state index is 0.111. The first-order valence-corrected chi connectivity index (χ1v) is 12.4. The van der Waals surface area contributed by atoms with Crippen molar-refractivity contribution in [2.45, 2.75) is 75.3 Å². The number of carbonyl (C=O) groups excluding carboxylic acids is 1. The Morgan fingerprint density at radius 3 is 2.70 bits per heavy atom.